The maximum absolute atomic E-state index is 4.83. The monoisotopic (exact) mass is 561 g/mol. The molecular weight excluding hydrogens is 534 g/mol. The molecule has 3 nitrogen and oxygen atoms in total. The lowest BCUT2D eigenvalue weighted by Crippen LogP contribution is -1.94. The van der Waals surface area contributed by atoms with Crippen LogP contribution in [0.4, 0.5) is 0 Å². The summed E-state index contributed by atoms with van der Waals surface area (Å²) < 4.78 is 4.70. The Bertz CT molecular complexity index is 2470. The van der Waals surface area contributed by atoms with Crippen LogP contribution in [0, 0.1) is 0 Å². The van der Waals surface area contributed by atoms with Gasteiger partial charge in [0.1, 0.15) is 0 Å². The van der Waals surface area contributed by atoms with Gasteiger partial charge in [0, 0.05) is 33.7 Å². The normalized spacial score (nSPS) is 11.6. The van der Waals surface area contributed by atoms with E-state index in [-0.39, 0.29) is 0 Å². The molecule has 0 atom stereocenters. The molecule has 3 aromatic heterocycles. The van der Waals surface area contributed by atoms with Crippen LogP contribution >= 0.6 is 0 Å². The number of nitrogens with zero attached hydrogens (tertiary/aromatic N) is 3. The minimum absolute atomic E-state index is 1.02. The van der Waals surface area contributed by atoms with Crippen molar-refractivity contribution in [2.24, 2.45) is 0 Å². The molecule has 6 aromatic carbocycles. The first-order valence-corrected chi connectivity index (χ1v) is 15.0. The van der Waals surface area contributed by atoms with Crippen molar-refractivity contribution in [3.05, 3.63) is 164 Å². The van der Waals surface area contributed by atoms with Crippen molar-refractivity contribution in [1.82, 2.24) is 14.1 Å². The zero-order valence-corrected chi connectivity index (χ0v) is 23.9. The molecule has 9 rings (SSSR count). The van der Waals surface area contributed by atoms with Crippen LogP contribution in [0.5, 0.6) is 0 Å². The third kappa shape index (κ3) is 3.80. The molecule has 0 unspecified atom stereocenters. The summed E-state index contributed by atoms with van der Waals surface area (Å²) in [6, 6.07) is 56.5. The van der Waals surface area contributed by atoms with Crippen LogP contribution in [0.3, 0.4) is 0 Å². The second-order valence-electron chi connectivity index (χ2n) is 11.3. The molecule has 0 aliphatic carbocycles. The maximum atomic E-state index is 4.83. The lowest BCUT2D eigenvalue weighted by atomic mass is 10.0. The third-order valence-electron chi connectivity index (χ3n) is 8.77. The van der Waals surface area contributed by atoms with Crippen molar-refractivity contribution in [2.45, 2.75) is 0 Å². The molecule has 0 N–H and O–H groups in total. The van der Waals surface area contributed by atoms with E-state index < -0.39 is 0 Å². The van der Waals surface area contributed by atoms with Gasteiger partial charge in [-0.1, -0.05) is 97.1 Å². The van der Waals surface area contributed by atoms with Gasteiger partial charge < -0.3 is 9.13 Å². The smallest absolute Gasteiger partial charge is 0.0963 e. The predicted octanol–water partition coefficient (Wildman–Crippen LogP) is 10.6. The molecule has 0 aliphatic rings. The summed E-state index contributed by atoms with van der Waals surface area (Å²) in [5, 5.41) is 3.66. The Morgan fingerprint density at radius 3 is 1.75 bits per heavy atom. The average Bonchev–Trinajstić information content (AvgIpc) is 3.61. The van der Waals surface area contributed by atoms with Gasteiger partial charge in [-0.05, 0) is 82.9 Å². The van der Waals surface area contributed by atoms with Gasteiger partial charge in [0.2, 0.25) is 0 Å². The van der Waals surface area contributed by atoms with Crippen LogP contribution in [-0.2, 0) is 0 Å². The molecule has 0 radical (unpaired) electrons. The minimum Gasteiger partial charge on any atom is -0.309 e. The van der Waals surface area contributed by atoms with Crippen molar-refractivity contribution in [2.75, 3.05) is 0 Å². The molecule has 0 saturated heterocycles. The fourth-order valence-electron chi connectivity index (χ4n) is 6.73. The van der Waals surface area contributed by atoms with Crippen molar-refractivity contribution >= 4 is 43.7 Å². The first-order valence-electron chi connectivity index (χ1n) is 15.0. The highest BCUT2D eigenvalue weighted by atomic mass is 15.0. The number of rotatable bonds is 4. The highest BCUT2D eigenvalue weighted by Crippen LogP contribution is 2.38. The Morgan fingerprint density at radius 2 is 0.909 bits per heavy atom. The summed E-state index contributed by atoms with van der Waals surface area (Å²) in [6.07, 6.45) is 1.89. The SMILES string of the molecule is c1ccc(-c2ccc(-n3c4ccccc4c4ccc(-c5ccc6c(c5)c5ncccc5n6-c5ccccc5)cc43)cc2)cc1. The second kappa shape index (κ2) is 9.82. The number of para-hydroxylation sites is 2. The summed E-state index contributed by atoms with van der Waals surface area (Å²) in [5.74, 6) is 0. The van der Waals surface area contributed by atoms with Crippen LogP contribution in [0.1, 0.15) is 0 Å². The van der Waals surface area contributed by atoms with E-state index in [4.69, 9.17) is 4.98 Å². The van der Waals surface area contributed by atoms with Gasteiger partial charge in [-0.25, -0.2) is 0 Å². The number of hydrogen-bond donors (Lipinski definition) is 0. The number of benzene rings is 6. The standard InChI is InChI=1S/C41H27N3/c1-3-10-28(11-4-1)29-17-21-33(22-18-29)44-37-15-8-7-14-34(37)35-23-19-31(27-40(35)44)30-20-24-38-36(26-30)41-39(16-9-25-42-41)43(38)32-12-5-2-6-13-32/h1-27H. The average molecular weight is 562 g/mol. The molecule has 0 fully saturated rings. The molecule has 206 valence electrons. The molecule has 0 amide bonds. The zero-order chi connectivity index (χ0) is 29.0. The van der Waals surface area contributed by atoms with Gasteiger partial charge in [0.05, 0.1) is 27.6 Å². The van der Waals surface area contributed by atoms with E-state index in [1.807, 2.05) is 12.3 Å². The molecule has 0 saturated carbocycles. The third-order valence-corrected chi connectivity index (χ3v) is 8.77. The van der Waals surface area contributed by atoms with Gasteiger partial charge >= 0.3 is 0 Å². The van der Waals surface area contributed by atoms with Crippen LogP contribution in [0.15, 0.2) is 164 Å². The van der Waals surface area contributed by atoms with Gasteiger partial charge in [-0.3, -0.25) is 4.98 Å². The van der Waals surface area contributed by atoms with E-state index in [9.17, 15) is 0 Å². The number of aromatic nitrogens is 3. The van der Waals surface area contributed by atoms with Crippen LogP contribution < -0.4 is 0 Å². The lowest BCUT2D eigenvalue weighted by molar-refractivity contribution is 1.17. The van der Waals surface area contributed by atoms with Gasteiger partial charge in [0.15, 0.2) is 0 Å². The fraction of sp³-hybridized carbons (Fsp3) is 0. The first-order chi connectivity index (χ1) is 21.8. The van der Waals surface area contributed by atoms with Crippen LogP contribution in [0.2, 0.25) is 0 Å². The van der Waals surface area contributed by atoms with E-state index >= 15 is 0 Å². The Hall–Kier alpha value is -5.93. The van der Waals surface area contributed by atoms with Crippen LogP contribution in [0.25, 0.3) is 77.4 Å². The highest BCUT2D eigenvalue weighted by molar-refractivity contribution is 6.11. The molecule has 9 aromatic rings. The fourth-order valence-corrected chi connectivity index (χ4v) is 6.73. The maximum Gasteiger partial charge on any atom is 0.0963 e. The largest absolute Gasteiger partial charge is 0.309 e. The first kappa shape index (κ1) is 24.6. The van der Waals surface area contributed by atoms with Gasteiger partial charge in [-0.15, -0.1) is 0 Å². The molecule has 0 aliphatic heterocycles. The Morgan fingerprint density at radius 1 is 0.341 bits per heavy atom. The molecule has 0 spiro atoms. The summed E-state index contributed by atoms with van der Waals surface area (Å²) in [5.41, 5.74) is 12.8. The van der Waals surface area contributed by atoms with Crippen molar-refractivity contribution in [1.29, 1.82) is 0 Å². The molecule has 3 heteroatoms. The Labute approximate surface area is 254 Å². The van der Waals surface area contributed by atoms with Crippen molar-refractivity contribution in [3.63, 3.8) is 0 Å². The number of hydrogen-bond acceptors (Lipinski definition) is 1. The number of pyridine rings is 1. The summed E-state index contributed by atoms with van der Waals surface area (Å²) in [6.45, 7) is 0. The van der Waals surface area contributed by atoms with E-state index in [0.717, 1.165) is 33.3 Å². The van der Waals surface area contributed by atoms with Gasteiger partial charge in [0.25, 0.3) is 0 Å². The molecule has 3 heterocycles. The van der Waals surface area contributed by atoms with E-state index in [1.165, 1.54) is 44.1 Å². The predicted molar refractivity (Wildman–Crippen MR) is 184 cm³/mol. The summed E-state index contributed by atoms with van der Waals surface area (Å²) in [7, 11) is 0. The van der Waals surface area contributed by atoms with Gasteiger partial charge in [-0.2, -0.15) is 0 Å². The highest BCUT2D eigenvalue weighted by Gasteiger charge is 2.16. The molecular formula is C41H27N3. The topological polar surface area (TPSA) is 22.8 Å². The second-order valence-corrected chi connectivity index (χ2v) is 11.3. The minimum atomic E-state index is 1.02. The zero-order valence-electron chi connectivity index (χ0n) is 23.9. The number of fused-ring (bicyclic) bond motifs is 6. The summed E-state index contributed by atoms with van der Waals surface area (Å²) >= 11 is 0. The lowest BCUT2D eigenvalue weighted by Gasteiger charge is -2.11. The quantitative estimate of drug-likeness (QED) is 0.210. The van der Waals surface area contributed by atoms with E-state index in [1.54, 1.807) is 0 Å². The summed E-state index contributed by atoms with van der Waals surface area (Å²) in [4.78, 5) is 4.83. The van der Waals surface area contributed by atoms with E-state index in [2.05, 4.69) is 161 Å². The molecule has 44 heavy (non-hydrogen) atoms. The van der Waals surface area contributed by atoms with Crippen molar-refractivity contribution < 1.29 is 0 Å². The van der Waals surface area contributed by atoms with Crippen LogP contribution in [-0.4, -0.2) is 14.1 Å². The Balaban J connectivity index is 1.23. The molecule has 0 bridgehead atoms. The van der Waals surface area contributed by atoms with Crippen molar-refractivity contribution in [3.8, 4) is 33.6 Å². The Kier molecular flexibility index (Phi) is 5.50. The van der Waals surface area contributed by atoms with E-state index in [0.29, 0.717) is 0 Å².